The second-order valence-electron chi connectivity index (χ2n) is 3.48. The van der Waals surface area contributed by atoms with Gasteiger partial charge in [0, 0.05) is 11.1 Å². The number of rotatable bonds is 1. The molecule has 4 heteroatoms. The van der Waals surface area contributed by atoms with Gasteiger partial charge in [-0.1, -0.05) is 23.7 Å². The molecule has 0 saturated heterocycles. The van der Waals surface area contributed by atoms with Crippen LogP contribution in [0.4, 0.5) is 0 Å². The molecule has 1 aromatic carbocycles. The van der Waals surface area contributed by atoms with Gasteiger partial charge in [-0.3, -0.25) is 4.79 Å². The van der Waals surface area contributed by atoms with Crippen LogP contribution in [0.1, 0.15) is 17.2 Å². The number of carbonyl (C=O) groups is 1. The predicted molar refractivity (Wildman–Crippen MR) is 53.2 cm³/mol. The number of hydrogen-bond acceptors (Lipinski definition) is 2. The molecule has 1 aliphatic rings. The largest absolute Gasteiger partial charge is 0.481 e. The van der Waals surface area contributed by atoms with Crippen molar-refractivity contribution in [1.29, 1.82) is 0 Å². The third kappa shape index (κ3) is 1.29. The molecule has 0 spiro atoms. The number of benzene rings is 1. The van der Waals surface area contributed by atoms with Gasteiger partial charge in [0.05, 0.1) is 5.92 Å². The molecule has 1 aromatic rings. The molecule has 0 unspecified atom stereocenters. The van der Waals surface area contributed by atoms with Gasteiger partial charge in [0.25, 0.3) is 0 Å². The van der Waals surface area contributed by atoms with Crippen LogP contribution in [0.15, 0.2) is 18.2 Å². The highest BCUT2D eigenvalue weighted by atomic mass is 35.5. The minimum absolute atomic E-state index is 0.429. The number of nitrogens with two attached hydrogens (primary N) is 1. The molecule has 0 aromatic heterocycles. The summed E-state index contributed by atoms with van der Waals surface area (Å²) in [5, 5.41) is 9.54. The van der Waals surface area contributed by atoms with Crippen molar-refractivity contribution in [3.05, 3.63) is 34.3 Å². The summed E-state index contributed by atoms with van der Waals surface area (Å²) < 4.78 is 0. The molecule has 2 atom stereocenters. The molecule has 0 radical (unpaired) electrons. The van der Waals surface area contributed by atoms with Gasteiger partial charge in [-0.2, -0.15) is 0 Å². The van der Waals surface area contributed by atoms with E-state index in [1.165, 1.54) is 0 Å². The van der Waals surface area contributed by atoms with Crippen LogP contribution < -0.4 is 5.73 Å². The van der Waals surface area contributed by atoms with Gasteiger partial charge >= 0.3 is 5.97 Å². The summed E-state index contributed by atoms with van der Waals surface area (Å²) in [7, 11) is 0. The Bertz CT molecular complexity index is 392. The van der Waals surface area contributed by atoms with Crippen LogP contribution in [0.5, 0.6) is 0 Å². The zero-order valence-corrected chi connectivity index (χ0v) is 8.16. The minimum Gasteiger partial charge on any atom is -0.481 e. The van der Waals surface area contributed by atoms with Crippen molar-refractivity contribution >= 4 is 17.6 Å². The Morgan fingerprint density at radius 2 is 2.29 bits per heavy atom. The maximum absolute atomic E-state index is 10.9. The Hall–Kier alpha value is -1.06. The monoisotopic (exact) mass is 211 g/mol. The Kier molecular flexibility index (Phi) is 2.21. The van der Waals surface area contributed by atoms with Gasteiger partial charge in [0.15, 0.2) is 0 Å². The van der Waals surface area contributed by atoms with Crippen LogP contribution in [-0.4, -0.2) is 11.1 Å². The molecule has 0 bridgehead atoms. The van der Waals surface area contributed by atoms with Gasteiger partial charge in [-0.05, 0) is 23.6 Å². The number of carboxylic acids is 1. The zero-order valence-electron chi connectivity index (χ0n) is 7.40. The van der Waals surface area contributed by atoms with Gasteiger partial charge in [-0.15, -0.1) is 0 Å². The van der Waals surface area contributed by atoms with E-state index in [2.05, 4.69) is 0 Å². The molecule has 74 valence electrons. The summed E-state index contributed by atoms with van der Waals surface area (Å²) in [6, 6.07) is 4.97. The number of aliphatic carboxylic acids is 1. The summed E-state index contributed by atoms with van der Waals surface area (Å²) in [4.78, 5) is 10.9. The van der Waals surface area contributed by atoms with Gasteiger partial charge in [-0.25, -0.2) is 0 Å². The smallest absolute Gasteiger partial charge is 0.308 e. The van der Waals surface area contributed by atoms with E-state index >= 15 is 0 Å². The fourth-order valence-corrected chi connectivity index (χ4v) is 2.17. The lowest BCUT2D eigenvalue weighted by Gasteiger charge is -2.10. The molecular weight excluding hydrogens is 202 g/mol. The summed E-state index contributed by atoms with van der Waals surface area (Å²) in [5.74, 6) is -1.39. The van der Waals surface area contributed by atoms with Crippen molar-refractivity contribution < 1.29 is 9.90 Å². The van der Waals surface area contributed by atoms with Crippen molar-refractivity contribution in [1.82, 2.24) is 0 Å². The lowest BCUT2D eigenvalue weighted by atomic mass is 10.0. The van der Waals surface area contributed by atoms with E-state index in [0.717, 1.165) is 11.1 Å². The van der Waals surface area contributed by atoms with E-state index in [4.69, 9.17) is 22.4 Å². The Morgan fingerprint density at radius 1 is 1.57 bits per heavy atom. The van der Waals surface area contributed by atoms with Gasteiger partial charge in [0.2, 0.25) is 0 Å². The average molecular weight is 212 g/mol. The van der Waals surface area contributed by atoms with Gasteiger partial charge in [0.1, 0.15) is 0 Å². The summed E-state index contributed by atoms with van der Waals surface area (Å²) in [5.41, 5.74) is 7.57. The lowest BCUT2D eigenvalue weighted by molar-refractivity contribution is -0.142. The Labute approximate surface area is 86.5 Å². The third-order valence-corrected chi connectivity index (χ3v) is 3.04. The highest BCUT2D eigenvalue weighted by molar-refractivity contribution is 6.31. The zero-order chi connectivity index (χ0) is 10.3. The maximum atomic E-state index is 10.9. The standard InChI is InChI=1S/C10H10ClNO2/c11-8-3-1-2-5-6(8)4-7(9(5)12)10(13)14/h1-3,7,9H,4,12H2,(H,13,14)/t7-,9-/m1/s1. The minimum atomic E-state index is -0.857. The van der Waals surface area contributed by atoms with E-state index in [-0.39, 0.29) is 0 Å². The first-order chi connectivity index (χ1) is 6.61. The fourth-order valence-electron chi connectivity index (χ4n) is 1.91. The first kappa shape index (κ1) is 9.49. The van der Waals surface area contributed by atoms with Crippen LogP contribution in [0.25, 0.3) is 0 Å². The molecule has 0 amide bonds. The van der Waals surface area contributed by atoms with E-state index in [0.29, 0.717) is 11.4 Å². The Balaban J connectivity index is 2.45. The summed E-state index contributed by atoms with van der Waals surface area (Å²) in [6.45, 7) is 0. The van der Waals surface area contributed by atoms with E-state index < -0.39 is 17.9 Å². The van der Waals surface area contributed by atoms with Crippen LogP contribution in [0.3, 0.4) is 0 Å². The van der Waals surface area contributed by atoms with Crippen molar-refractivity contribution in [3.8, 4) is 0 Å². The van der Waals surface area contributed by atoms with Crippen LogP contribution >= 0.6 is 11.6 Å². The molecule has 0 heterocycles. The van der Waals surface area contributed by atoms with Crippen LogP contribution in [0.2, 0.25) is 5.02 Å². The molecule has 0 aliphatic heterocycles. The fraction of sp³-hybridized carbons (Fsp3) is 0.300. The second kappa shape index (κ2) is 3.26. The van der Waals surface area contributed by atoms with Crippen molar-refractivity contribution in [2.24, 2.45) is 11.7 Å². The SMILES string of the molecule is N[C@@H]1c2cccc(Cl)c2C[C@H]1C(=O)O. The van der Waals surface area contributed by atoms with E-state index in [1.807, 2.05) is 6.07 Å². The van der Waals surface area contributed by atoms with Crippen molar-refractivity contribution in [2.75, 3.05) is 0 Å². The van der Waals surface area contributed by atoms with Crippen LogP contribution in [0, 0.1) is 5.92 Å². The van der Waals surface area contributed by atoms with Crippen LogP contribution in [-0.2, 0) is 11.2 Å². The topological polar surface area (TPSA) is 63.3 Å². The molecule has 3 nitrogen and oxygen atoms in total. The predicted octanol–water partition coefficient (Wildman–Crippen LogP) is 1.60. The Morgan fingerprint density at radius 3 is 2.86 bits per heavy atom. The highest BCUT2D eigenvalue weighted by Crippen LogP contribution is 2.37. The maximum Gasteiger partial charge on any atom is 0.308 e. The lowest BCUT2D eigenvalue weighted by Crippen LogP contribution is -2.24. The normalized spacial score (nSPS) is 24.7. The van der Waals surface area contributed by atoms with Gasteiger partial charge < -0.3 is 10.8 Å². The summed E-state index contributed by atoms with van der Waals surface area (Å²) >= 11 is 5.96. The molecule has 14 heavy (non-hydrogen) atoms. The third-order valence-electron chi connectivity index (χ3n) is 2.69. The average Bonchev–Trinajstić information content (AvgIpc) is 2.46. The molecular formula is C10H10ClNO2. The van der Waals surface area contributed by atoms with E-state index in [9.17, 15) is 4.79 Å². The highest BCUT2D eigenvalue weighted by Gasteiger charge is 2.35. The molecule has 1 aliphatic carbocycles. The second-order valence-corrected chi connectivity index (χ2v) is 3.89. The number of hydrogen-bond donors (Lipinski definition) is 2. The molecule has 2 rings (SSSR count). The number of fused-ring (bicyclic) bond motifs is 1. The number of carboxylic acid groups (broad SMARTS) is 1. The first-order valence-electron chi connectivity index (χ1n) is 4.37. The van der Waals surface area contributed by atoms with Crippen molar-refractivity contribution in [3.63, 3.8) is 0 Å². The quantitative estimate of drug-likeness (QED) is 0.742. The van der Waals surface area contributed by atoms with Crippen molar-refractivity contribution in [2.45, 2.75) is 12.5 Å². The first-order valence-corrected chi connectivity index (χ1v) is 4.74. The van der Waals surface area contributed by atoms with E-state index in [1.54, 1.807) is 12.1 Å². The molecule has 0 fully saturated rings. The summed E-state index contributed by atoms with van der Waals surface area (Å²) in [6.07, 6.45) is 0.436. The number of halogens is 1. The molecule has 3 N–H and O–H groups in total. The molecule has 0 saturated carbocycles.